The second-order valence-electron chi connectivity index (χ2n) is 10.6. The molecule has 2 heterocycles. The second kappa shape index (κ2) is 19.5. The highest BCUT2D eigenvalue weighted by atomic mass is 16.5. The number of hydrogen-bond donors (Lipinski definition) is 1. The van der Waals surface area contributed by atoms with Crippen LogP contribution in [0.25, 0.3) is 5.70 Å². The Morgan fingerprint density at radius 2 is 2.02 bits per heavy atom. The highest BCUT2D eigenvalue weighted by molar-refractivity contribution is 5.79. The van der Waals surface area contributed by atoms with Gasteiger partial charge in [-0.1, -0.05) is 57.6 Å². The molecule has 1 fully saturated rings. The number of nitrogens with one attached hydrogen (secondary N) is 1. The molecular formula is C33H54N6O2. The Morgan fingerprint density at radius 1 is 1.24 bits per heavy atom. The quantitative estimate of drug-likeness (QED) is 0.0918. The summed E-state index contributed by atoms with van der Waals surface area (Å²) in [7, 11) is 5.92. The predicted molar refractivity (Wildman–Crippen MR) is 173 cm³/mol. The molecule has 41 heavy (non-hydrogen) atoms. The summed E-state index contributed by atoms with van der Waals surface area (Å²) in [6.07, 6.45) is 20.1. The average Bonchev–Trinajstić information content (AvgIpc) is 3.39. The lowest BCUT2D eigenvalue weighted by Crippen LogP contribution is -2.48. The summed E-state index contributed by atoms with van der Waals surface area (Å²) in [4.78, 5) is 18.0. The number of ether oxygens (including phenoxy) is 2. The first-order chi connectivity index (χ1) is 19.9. The molecule has 8 nitrogen and oxygen atoms in total. The maximum absolute atomic E-state index is 5.97. The van der Waals surface area contributed by atoms with Crippen LogP contribution in [0.3, 0.4) is 0 Å². The molecule has 228 valence electrons. The summed E-state index contributed by atoms with van der Waals surface area (Å²) in [6, 6.07) is 2.46. The summed E-state index contributed by atoms with van der Waals surface area (Å²) >= 11 is 0. The summed E-state index contributed by atoms with van der Waals surface area (Å²) in [5, 5.41) is 3.85. The topological polar surface area (TPSA) is 75.1 Å². The van der Waals surface area contributed by atoms with E-state index in [-0.39, 0.29) is 12.3 Å². The summed E-state index contributed by atoms with van der Waals surface area (Å²) < 4.78 is 11.7. The Balaban J connectivity index is 1.94. The van der Waals surface area contributed by atoms with E-state index in [4.69, 9.17) is 14.5 Å². The van der Waals surface area contributed by atoms with Crippen LogP contribution in [0.2, 0.25) is 0 Å². The number of methoxy groups -OCH3 is 1. The van der Waals surface area contributed by atoms with Gasteiger partial charge in [-0.15, -0.1) is 0 Å². The van der Waals surface area contributed by atoms with Crippen molar-refractivity contribution in [3.05, 3.63) is 60.6 Å². The van der Waals surface area contributed by atoms with E-state index < -0.39 is 0 Å². The predicted octanol–water partition coefficient (Wildman–Crippen LogP) is 6.25. The molecule has 1 aromatic rings. The third-order valence-electron chi connectivity index (χ3n) is 7.60. The lowest BCUT2D eigenvalue weighted by molar-refractivity contribution is -0.0432. The molecule has 0 radical (unpaired) electrons. The van der Waals surface area contributed by atoms with Crippen LogP contribution in [-0.4, -0.2) is 80.4 Å². The van der Waals surface area contributed by atoms with Gasteiger partial charge in [0.25, 0.3) is 0 Å². The molecular weight excluding hydrogens is 512 g/mol. The van der Waals surface area contributed by atoms with Gasteiger partial charge in [0, 0.05) is 70.5 Å². The normalized spacial score (nSPS) is 20.7. The van der Waals surface area contributed by atoms with E-state index >= 15 is 0 Å². The van der Waals surface area contributed by atoms with Gasteiger partial charge in [-0.3, -0.25) is 9.89 Å². The summed E-state index contributed by atoms with van der Waals surface area (Å²) in [6.45, 7) is 15.3. The van der Waals surface area contributed by atoms with Gasteiger partial charge in [0.2, 0.25) is 5.95 Å². The fourth-order valence-corrected chi connectivity index (χ4v) is 5.08. The molecule has 0 saturated carbocycles. The van der Waals surface area contributed by atoms with E-state index in [1.807, 2.05) is 57.2 Å². The molecule has 8 heteroatoms. The standard InChI is InChI=1S/C33H54N6O2/c1-9-13-20-34-28(12-4)30-19-21-35-33(37-30)39(7)26(5)17-15-18-29-27(11-3)25-31(36-29)32(40-8)38(6)22-16-24-41-23-14-10-2/h9,12-13,15,18-21,27,29,31-32,36H,5,10-11,14,16-17,22-25H2,1-4,6-8H3/b13-9+,18-15?,28-12-,34-20+. The number of nitrogens with zero attached hydrogens (tertiary/aromatic N) is 5. The number of aliphatic imine (C=N–C) groups is 1. The molecule has 1 saturated heterocycles. The van der Waals surface area contributed by atoms with E-state index in [2.05, 4.69) is 59.8 Å². The lowest BCUT2D eigenvalue weighted by Gasteiger charge is -2.31. The molecule has 0 spiro atoms. The van der Waals surface area contributed by atoms with Crippen molar-refractivity contribution in [1.29, 1.82) is 0 Å². The minimum absolute atomic E-state index is 0.0352. The van der Waals surface area contributed by atoms with Gasteiger partial charge < -0.3 is 19.7 Å². The number of aromatic nitrogens is 2. The largest absolute Gasteiger partial charge is 0.381 e. The van der Waals surface area contributed by atoms with Crippen LogP contribution in [-0.2, 0) is 9.47 Å². The number of likely N-dealkylation sites (N-methyl/N-ethyl adjacent to an activating group) is 1. The molecule has 0 aliphatic carbocycles. The number of unbranched alkanes of at least 4 members (excludes halogenated alkanes) is 1. The SMILES string of the molecule is C=C(CC=CC1NC(C(OC)N(C)CCCOCCCC)CC1CC)N(C)c1nccc(C(=C/C)/N=C/C=C/C)n1. The van der Waals surface area contributed by atoms with Crippen molar-refractivity contribution in [2.75, 3.05) is 45.9 Å². The third kappa shape index (κ3) is 11.3. The number of allylic oxidation sites excluding steroid dienone is 4. The van der Waals surface area contributed by atoms with E-state index in [0.29, 0.717) is 24.3 Å². The molecule has 4 unspecified atom stereocenters. The smallest absolute Gasteiger partial charge is 0.229 e. The van der Waals surface area contributed by atoms with Crippen LogP contribution in [0.15, 0.2) is 59.9 Å². The van der Waals surface area contributed by atoms with Gasteiger partial charge >= 0.3 is 0 Å². The van der Waals surface area contributed by atoms with Crippen LogP contribution >= 0.6 is 0 Å². The van der Waals surface area contributed by atoms with Gasteiger partial charge in [0.15, 0.2) is 0 Å². The molecule has 0 amide bonds. The van der Waals surface area contributed by atoms with Gasteiger partial charge in [0.05, 0.1) is 11.4 Å². The Kier molecular flexibility index (Phi) is 16.4. The van der Waals surface area contributed by atoms with Crippen molar-refractivity contribution in [3.8, 4) is 0 Å². The van der Waals surface area contributed by atoms with Gasteiger partial charge in [-0.05, 0) is 58.2 Å². The van der Waals surface area contributed by atoms with Crippen molar-refractivity contribution in [3.63, 3.8) is 0 Å². The van der Waals surface area contributed by atoms with Gasteiger partial charge in [-0.25, -0.2) is 9.97 Å². The molecule has 0 aromatic carbocycles. The zero-order valence-corrected chi connectivity index (χ0v) is 26.6. The minimum atomic E-state index is 0.0352. The molecule has 1 aromatic heterocycles. The maximum atomic E-state index is 5.97. The first-order valence-corrected chi connectivity index (χ1v) is 15.2. The Bertz CT molecular complexity index is 1020. The molecule has 4 atom stereocenters. The van der Waals surface area contributed by atoms with Crippen LogP contribution in [0.4, 0.5) is 5.95 Å². The Labute approximate surface area is 249 Å². The summed E-state index contributed by atoms with van der Waals surface area (Å²) in [5.74, 6) is 1.17. The zero-order chi connectivity index (χ0) is 30.0. The first kappa shape index (κ1) is 34.6. The van der Waals surface area contributed by atoms with Gasteiger partial charge in [-0.2, -0.15) is 0 Å². The molecule has 2 rings (SSSR count). The minimum Gasteiger partial charge on any atom is -0.381 e. The van der Waals surface area contributed by atoms with Crippen LogP contribution in [0, 0.1) is 5.92 Å². The van der Waals surface area contributed by atoms with Crippen LogP contribution in [0.1, 0.15) is 71.9 Å². The molecule has 1 aliphatic rings. The van der Waals surface area contributed by atoms with Crippen molar-refractivity contribution in [1.82, 2.24) is 20.2 Å². The monoisotopic (exact) mass is 566 g/mol. The van der Waals surface area contributed by atoms with Crippen molar-refractivity contribution in [2.45, 2.75) is 84.5 Å². The highest BCUT2D eigenvalue weighted by Crippen LogP contribution is 2.28. The van der Waals surface area contributed by atoms with Crippen LogP contribution in [0.5, 0.6) is 0 Å². The Morgan fingerprint density at radius 3 is 2.71 bits per heavy atom. The average molecular weight is 567 g/mol. The first-order valence-electron chi connectivity index (χ1n) is 15.2. The zero-order valence-electron chi connectivity index (χ0n) is 26.6. The molecule has 0 bridgehead atoms. The summed E-state index contributed by atoms with van der Waals surface area (Å²) in [5.41, 5.74) is 2.51. The van der Waals surface area contributed by atoms with Crippen molar-refractivity contribution < 1.29 is 9.47 Å². The fraction of sp³-hybridized carbons (Fsp3) is 0.606. The lowest BCUT2D eigenvalue weighted by atomic mass is 9.95. The van der Waals surface area contributed by atoms with Gasteiger partial charge in [0.1, 0.15) is 6.23 Å². The van der Waals surface area contributed by atoms with E-state index in [9.17, 15) is 0 Å². The van der Waals surface area contributed by atoms with Crippen molar-refractivity contribution in [2.24, 2.45) is 10.9 Å². The molecule has 1 aliphatic heterocycles. The van der Waals surface area contributed by atoms with E-state index in [1.165, 1.54) is 6.42 Å². The van der Waals surface area contributed by atoms with Crippen LogP contribution < -0.4 is 10.2 Å². The second-order valence-corrected chi connectivity index (χ2v) is 10.6. The van der Waals surface area contributed by atoms with Crippen molar-refractivity contribution >= 4 is 17.9 Å². The third-order valence-corrected chi connectivity index (χ3v) is 7.60. The van der Waals surface area contributed by atoms with E-state index in [0.717, 1.165) is 62.5 Å². The highest BCUT2D eigenvalue weighted by Gasteiger charge is 2.37. The number of anilines is 1. The molecule has 1 N–H and O–H groups in total. The fourth-order valence-electron chi connectivity index (χ4n) is 5.08. The Hall–Kier alpha value is -2.65. The number of hydrogen-bond acceptors (Lipinski definition) is 8. The van der Waals surface area contributed by atoms with E-state index in [1.54, 1.807) is 12.4 Å². The number of rotatable bonds is 19. The maximum Gasteiger partial charge on any atom is 0.229 e.